The number of nitrogens with one attached hydrogen (secondary N) is 1. The molecule has 4 nitrogen and oxygen atoms in total. The number of benzene rings is 2. The Morgan fingerprint density at radius 3 is 2.58 bits per heavy atom. The van der Waals surface area contributed by atoms with Crippen LogP contribution in [-0.4, -0.2) is 19.1 Å². The van der Waals surface area contributed by atoms with Crippen LogP contribution < -0.4 is 10.1 Å². The van der Waals surface area contributed by atoms with Crippen molar-refractivity contribution in [1.82, 2.24) is 0 Å². The van der Waals surface area contributed by atoms with E-state index in [1.54, 1.807) is 32.2 Å². The van der Waals surface area contributed by atoms with Crippen LogP contribution in [0.1, 0.15) is 23.6 Å². The van der Waals surface area contributed by atoms with Crippen LogP contribution in [0.4, 0.5) is 5.69 Å². The molecule has 1 N–H and O–H groups in total. The van der Waals surface area contributed by atoms with Crippen LogP contribution in [0, 0.1) is 13.8 Å². The minimum absolute atomic E-state index is 0.221. The van der Waals surface area contributed by atoms with Crippen molar-refractivity contribution in [1.29, 1.82) is 0 Å². The number of methoxy groups -OCH3 is 1. The molecule has 0 aliphatic carbocycles. The summed E-state index contributed by atoms with van der Waals surface area (Å²) in [4.78, 5) is 12.2. The normalized spacial score (nSPS) is 11.9. The quantitative estimate of drug-likeness (QED) is 0.836. The fourth-order valence-corrected chi connectivity index (χ4v) is 2.54. The number of carbonyl (C=O) groups is 1. The maximum Gasteiger partial charge on any atom is 0.253 e. The molecule has 1 amide bonds. The molecule has 0 radical (unpaired) electrons. The van der Waals surface area contributed by atoms with Gasteiger partial charge in [0.05, 0.1) is 18.7 Å². The summed E-state index contributed by atoms with van der Waals surface area (Å²) in [6, 6.07) is 11.3. The van der Waals surface area contributed by atoms with Crippen LogP contribution >= 0.6 is 11.6 Å². The Hall–Kier alpha value is -2.04. The molecule has 0 saturated carbocycles. The van der Waals surface area contributed by atoms with Crippen molar-refractivity contribution in [2.24, 2.45) is 0 Å². The lowest BCUT2D eigenvalue weighted by molar-refractivity contribution is -0.127. The number of carbonyl (C=O) groups excluding carboxylic acids is 1. The van der Waals surface area contributed by atoms with E-state index in [1.807, 2.05) is 26.0 Å². The monoisotopic (exact) mass is 347 g/mol. The molecule has 0 bridgehead atoms. The van der Waals surface area contributed by atoms with Crippen molar-refractivity contribution in [2.75, 3.05) is 12.4 Å². The maximum absolute atomic E-state index is 12.2. The van der Waals surface area contributed by atoms with E-state index in [-0.39, 0.29) is 5.91 Å². The highest BCUT2D eigenvalue weighted by molar-refractivity contribution is 6.32. The molecule has 0 aliphatic heterocycles. The predicted molar refractivity (Wildman–Crippen MR) is 96.8 cm³/mol. The van der Waals surface area contributed by atoms with Gasteiger partial charge in [0.1, 0.15) is 11.9 Å². The van der Waals surface area contributed by atoms with Crippen molar-refractivity contribution in [3.8, 4) is 5.75 Å². The van der Waals surface area contributed by atoms with Gasteiger partial charge in [-0.15, -0.1) is 0 Å². The standard InChI is InChI=1S/C19H22ClNO3/c1-12-5-6-15(13(2)9-12)11-24-14(3)19(22)21-16-7-8-18(23-4)17(20)10-16/h5-10,14H,11H2,1-4H3,(H,21,22). The number of ether oxygens (including phenoxy) is 2. The smallest absolute Gasteiger partial charge is 0.253 e. The van der Waals surface area contributed by atoms with Gasteiger partial charge in [-0.1, -0.05) is 35.4 Å². The predicted octanol–water partition coefficient (Wildman–Crippen LogP) is 4.51. The van der Waals surface area contributed by atoms with E-state index in [1.165, 1.54) is 5.56 Å². The zero-order valence-corrected chi connectivity index (χ0v) is 15.1. The number of rotatable bonds is 6. The summed E-state index contributed by atoms with van der Waals surface area (Å²) in [7, 11) is 1.54. The van der Waals surface area contributed by atoms with Gasteiger partial charge < -0.3 is 14.8 Å². The second-order valence-electron chi connectivity index (χ2n) is 5.72. The van der Waals surface area contributed by atoms with E-state index < -0.39 is 6.10 Å². The third kappa shape index (κ3) is 4.73. The third-order valence-electron chi connectivity index (χ3n) is 3.78. The molecule has 1 unspecified atom stereocenters. The maximum atomic E-state index is 12.2. The highest BCUT2D eigenvalue weighted by Gasteiger charge is 2.15. The summed E-state index contributed by atoms with van der Waals surface area (Å²) >= 11 is 6.06. The van der Waals surface area contributed by atoms with E-state index >= 15 is 0 Å². The Balaban J connectivity index is 1.93. The first-order chi connectivity index (χ1) is 11.4. The highest BCUT2D eigenvalue weighted by Crippen LogP contribution is 2.27. The summed E-state index contributed by atoms with van der Waals surface area (Å²) in [5, 5.41) is 3.23. The first kappa shape index (κ1) is 18.3. The minimum atomic E-state index is -0.577. The summed E-state index contributed by atoms with van der Waals surface area (Å²) in [5.74, 6) is 0.342. The average Bonchev–Trinajstić information content (AvgIpc) is 2.54. The summed E-state index contributed by atoms with van der Waals surface area (Å²) < 4.78 is 10.8. The lowest BCUT2D eigenvalue weighted by Crippen LogP contribution is -2.27. The fourth-order valence-electron chi connectivity index (χ4n) is 2.29. The van der Waals surface area contributed by atoms with Crippen molar-refractivity contribution in [2.45, 2.75) is 33.5 Å². The molecule has 0 aliphatic rings. The Bertz CT molecular complexity index is 731. The molecule has 2 aromatic carbocycles. The first-order valence-corrected chi connectivity index (χ1v) is 8.10. The van der Waals surface area contributed by atoms with E-state index in [0.29, 0.717) is 23.1 Å². The summed E-state index contributed by atoms with van der Waals surface area (Å²) in [6.45, 7) is 6.21. The van der Waals surface area contributed by atoms with Crippen LogP contribution in [0.3, 0.4) is 0 Å². The Morgan fingerprint density at radius 1 is 1.21 bits per heavy atom. The topological polar surface area (TPSA) is 47.6 Å². The molecule has 0 aromatic heterocycles. The molecular formula is C19H22ClNO3. The zero-order chi connectivity index (χ0) is 17.7. The van der Waals surface area contributed by atoms with E-state index in [4.69, 9.17) is 21.1 Å². The van der Waals surface area contributed by atoms with Gasteiger partial charge in [0.15, 0.2) is 0 Å². The molecule has 2 aromatic rings. The molecule has 24 heavy (non-hydrogen) atoms. The Labute approximate surface area is 147 Å². The van der Waals surface area contributed by atoms with Crippen molar-refractivity contribution in [3.05, 3.63) is 58.1 Å². The number of hydrogen-bond acceptors (Lipinski definition) is 3. The van der Waals surface area contributed by atoms with Gasteiger partial charge in [0, 0.05) is 5.69 Å². The van der Waals surface area contributed by atoms with Gasteiger partial charge in [0.25, 0.3) is 5.91 Å². The molecule has 128 valence electrons. The lowest BCUT2D eigenvalue weighted by atomic mass is 10.1. The second-order valence-corrected chi connectivity index (χ2v) is 6.13. The number of hydrogen-bond donors (Lipinski definition) is 1. The van der Waals surface area contributed by atoms with Gasteiger partial charge in [-0.05, 0) is 50.1 Å². The molecule has 1 atom stereocenters. The summed E-state index contributed by atoms with van der Waals surface area (Å²) in [6.07, 6.45) is -0.577. The second kappa shape index (κ2) is 8.18. The zero-order valence-electron chi connectivity index (χ0n) is 14.4. The van der Waals surface area contributed by atoms with Gasteiger partial charge >= 0.3 is 0 Å². The highest BCUT2D eigenvalue weighted by atomic mass is 35.5. The Morgan fingerprint density at radius 2 is 1.96 bits per heavy atom. The van der Waals surface area contributed by atoms with Crippen molar-refractivity contribution >= 4 is 23.2 Å². The van der Waals surface area contributed by atoms with Crippen LogP contribution in [0.5, 0.6) is 5.75 Å². The molecule has 0 fully saturated rings. The SMILES string of the molecule is COc1ccc(NC(=O)C(C)OCc2ccc(C)cc2C)cc1Cl. The third-order valence-corrected chi connectivity index (χ3v) is 4.07. The molecule has 0 heterocycles. The van der Waals surface area contributed by atoms with Gasteiger partial charge in [0.2, 0.25) is 0 Å². The van der Waals surface area contributed by atoms with Gasteiger partial charge in [-0.25, -0.2) is 0 Å². The number of amides is 1. The minimum Gasteiger partial charge on any atom is -0.495 e. The van der Waals surface area contributed by atoms with Crippen LogP contribution in [0.25, 0.3) is 0 Å². The average molecular weight is 348 g/mol. The lowest BCUT2D eigenvalue weighted by Gasteiger charge is -2.15. The van der Waals surface area contributed by atoms with Crippen LogP contribution in [0.15, 0.2) is 36.4 Å². The largest absolute Gasteiger partial charge is 0.495 e. The Kier molecular flexibility index (Phi) is 6.23. The van der Waals surface area contributed by atoms with Gasteiger partial charge in [-0.3, -0.25) is 4.79 Å². The molecule has 2 rings (SSSR count). The van der Waals surface area contributed by atoms with E-state index in [0.717, 1.165) is 11.1 Å². The van der Waals surface area contributed by atoms with E-state index in [2.05, 4.69) is 11.4 Å². The summed E-state index contributed by atoms with van der Waals surface area (Å²) in [5.41, 5.74) is 4.04. The molecule has 0 saturated heterocycles. The molecule has 0 spiro atoms. The van der Waals surface area contributed by atoms with E-state index in [9.17, 15) is 4.79 Å². The van der Waals surface area contributed by atoms with Crippen molar-refractivity contribution < 1.29 is 14.3 Å². The molecular weight excluding hydrogens is 326 g/mol. The van der Waals surface area contributed by atoms with Crippen LogP contribution in [0.2, 0.25) is 5.02 Å². The fraction of sp³-hybridized carbons (Fsp3) is 0.316. The number of anilines is 1. The number of halogens is 1. The van der Waals surface area contributed by atoms with Crippen molar-refractivity contribution in [3.63, 3.8) is 0 Å². The number of aryl methyl sites for hydroxylation is 2. The first-order valence-electron chi connectivity index (χ1n) is 7.73. The van der Waals surface area contributed by atoms with Gasteiger partial charge in [-0.2, -0.15) is 0 Å². The molecule has 5 heteroatoms. The van der Waals surface area contributed by atoms with Crippen LogP contribution in [-0.2, 0) is 16.1 Å².